The molecule has 0 aliphatic carbocycles. The van der Waals surface area contributed by atoms with Crippen LogP contribution >= 0.6 is 0 Å². The number of carboxylic acid groups (broad SMARTS) is 1. The number of amides is 1. The summed E-state index contributed by atoms with van der Waals surface area (Å²) in [5.41, 5.74) is 0. The average molecular weight is 187 g/mol. The minimum absolute atomic E-state index is 0.0164. The quantitative estimate of drug-likeness (QED) is 0.701. The summed E-state index contributed by atoms with van der Waals surface area (Å²) in [6, 6.07) is 0.0496. The lowest BCUT2D eigenvalue weighted by molar-refractivity contribution is -0.138. The van der Waals surface area contributed by atoms with Crippen molar-refractivity contribution in [1.29, 1.82) is 0 Å². The van der Waals surface area contributed by atoms with Gasteiger partial charge in [0.1, 0.15) is 0 Å². The van der Waals surface area contributed by atoms with Crippen LogP contribution in [-0.2, 0) is 9.59 Å². The van der Waals surface area contributed by atoms with Gasteiger partial charge in [-0.05, 0) is 12.8 Å². The van der Waals surface area contributed by atoms with Crippen molar-refractivity contribution in [2.75, 3.05) is 7.05 Å². The highest BCUT2D eigenvalue weighted by Crippen LogP contribution is 2.09. The maximum atomic E-state index is 11.0. The Morgan fingerprint density at radius 2 is 2.00 bits per heavy atom. The van der Waals surface area contributed by atoms with Gasteiger partial charge in [0.05, 0.1) is 0 Å². The van der Waals surface area contributed by atoms with Crippen LogP contribution in [0.3, 0.4) is 0 Å². The molecule has 0 aliphatic heterocycles. The van der Waals surface area contributed by atoms with Gasteiger partial charge in [-0.1, -0.05) is 6.92 Å². The Morgan fingerprint density at radius 1 is 1.46 bits per heavy atom. The van der Waals surface area contributed by atoms with Crippen LogP contribution in [0.25, 0.3) is 0 Å². The van der Waals surface area contributed by atoms with Crippen molar-refractivity contribution in [1.82, 2.24) is 4.90 Å². The van der Waals surface area contributed by atoms with Gasteiger partial charge >= 0.3 is 5.97 Å². The maximum Gasteiger partial charge on any atom is 0.303 e. The first kappa shape index (κ1) is 11.9. The van der Waals surface area contributed by atoms with E-state index >= 15 is 0 Å². The first-order valence-corrected chi connectivity index (χ1v) is 4.44. The summed E-state index contributed by atoms with van der Waals surface area (Å²) in [4.78, 5) is 22.9. The number of carbonyl (C=O) groups is 2. The van der Waals surface area contributed by atoms with Crippen LogP contribution in [-0.4, -0.2) is 35.0 Å². The molecule has 4 nitrogen and oxygen atoms in total. The molecule has 0 aromatic carbocycles. The molecule has 13 heavy (non-hydrogen) atoms. The van der Waals surface area contributed by atoms with E-state index in [9.17, 15) is 9.59 Å². The molecule has 0 saturated heterocycles. The SMILES string of the molecule is CCC(CCC(=O)O)N(C)C(C)=O. The van der Waals surface area contributed by atoms with E-state index in [4.69, 9.17) is 5.11 Å². The van der Waals surface area contributed by atoms with E-state index in [1.165, 1.54) is 6.92 Å². The predicted molar refractivity (Wildman–Crippen MR) is 49.4 cm³/mol. The third-order valence-corrected chi connectivity index (χ3v) is 2.21. The average Bonchev–Trinajstić information content (AvgIpc) is 2.04. The molecule has 0 fully saturated rings. The second-order valence-electron chi connectivity index (χ2n) is 3.12. The molecule has 1 N–H and O–H groups in total. The van der Waals surface area contributed by atoms with Gasteiger partial charge in [0.25, 0.3) is 0 Å². The van der Waals surface area contributed by atoms with E-state index < -0.39 is 5.97 Å². The van der Waals surface area contributed by atoms with Crippen LogP contribution in [0.2, 0.25) is 0 Å². The van der Waals surface area contributed by atoms with Crippen molar-refractivity contribution in [2.45, 2.75) is 39.2 Å². The van der Waals surface area contributed by atoms with E-state index in [1.54, 1.807) is 11.9 Å². The Kier molecular flexibility index (Phi) is 5.11. The number of carbonyl (C=O) groups excluding carboxylic acids is 1. The molecule has 0 rings (SSSR count). The zero-order valence-corrected chi connectivity index (χ0v) is 8.41. The van der Waals surface area contributed by atoms with Crippen molar-refractivity contribution in [2.24, 2.45) is 0 Å². The molecule has 0 radical (unpaired) electrons. The molecular formula is C9H17NO3. The molecule has 1 amide bonds. The van der Waals surface area contributed by atoms with Crippen LogP contribution in [0.15, 0.2) is 0 Å². The van der Waals surface area contributed by atoms with Crippen molar-refractivity contribution in [3.05, 3.63) is 0 Å². The second kappa shape index (κ2) is 5.56. The van der Waals surface area contributed by atoms with Gasteiger partial charge < -0.3 is 10.0 Å². The van der Waals surface area contributed by atoms with Gasteiger partial charge in [-0.15, -0.1) is 0 Å². The van der Waals surface area contributed by atoms with Gasteiger partial charge in [0.2, 0.25) is 5.91 Å². The first-order valence-electron chi connectivity index (χ1n) is 4.44. The largest absolute Gasteiger partial charge is 0.481 e. The van der Waals surface area contributed by atoms with Gasteiger partial charge in [0.15, 0.2) is 0 Å². The highest BCUT2D eigenvalue weighted by atomic mass is 16.4. The standard InChI is InChI=1S/C9H17NO3/c1-4-8(5-6-9(12)13)10(3)7(2)11/h8H,4-6H2,1-3H3,(H,12,13). The van der Waals surface area contributed by atoms with E-state index in [1.807, 2.05) is 6.92 Å². The topological polar surface area (TPSA) is 57.6 Å². The van der Waals surface area contributed by atoms with E-state index in [2.05, 4.69) is 0 Å². The van der Waals surface area contributed by atoms with E-state index in [0.29, 0.717) is 6.42 Å². The molecular weight excluding hydrogens is 170 g/mol. The zero-order chi connectivity index (χ0) is 10.4. The Labute approximate surface area is 78.5 Å². The molecule has 0 saturated carbocycles. The smallest absolute Gasteiger partial charge is 0.303 e. The third-order valence-electron chi connectivity index (χ3n) is 2.21. The van der Waals surface area contributed by atoms with Gasteiger partial charge in [-0.3, -0.25) is 9.59 Å². The van der Waals surface area contributed by atoms with Crippen LogP contribution in [0.5, 0.6) is 0 Å². The molecule has 0 aliphatic rings. The summed E-state index contributed by atoms with van der Waals surface area (Å²) in [5, 5.41) is 8.47. The van der Waals surface area contributed by atoms with Crippen molar-refractivity contribution < 1.29 is 14.7 Å². The highest BCUT2D eigenvalue weighted by Gasteiger charge is 2.15. The second-order valence-corrected chi connectivity index (χ2v) is 3.12. The first-order chi connectivity index (χ1) is 5.99. The lowest BCUT2D eigenvalue weighted by Crippen LogP contribution is -2.35. The molecule has 0 heterocycles. The Bertz CT molecular complexity index is 191. The van der Waals surface area contributed by atoms with E-state index in [-0.39, 0.29) is 18.4 Å². The summed E-state index contributed by atoms with van der Waals surface area (Å²) in [6.45, 7) is 3.44. The lowest BCUT2D eigenvalue weighted by atomic mass is 10.1. The molecule has 0 spiro atoms. The number of hydrogen-bond donors (Lipinski definition) is 1. The van der Waals surface area contributed by atoms with Crippen molar-refractivity contribution in [3.8, 4) is 0 Å². The van der Waals surface area contributed by atoms with Crippen LogP contribution in [0, 0.1) is 0 Å². The molecule has 1 unspecified atom stereocenters. The monoisotopic (exact) mass is 187 g/mol. The molecule has 76 valence electrons. The van der Waals surface area contributed by atoms with Crippen molar-refractivity contribution >= 4 is 11.9 Å². The summed E-state index contributed by atoms with van der Waals surface area (Å²) in [6.07, 6.45) is 1.45. The summed E-state index contributed by atoms with van der Waals surface area (Å²) in [7, 11) is 1.71. The fourth-order valence-corrected chi connectivity index (χ4v) is 1.22. The Balaban J connectivity index is 4.02. The normalized spacial score (nSPS) is 12.2. The van der Waals surface area contributed by atoms with Gasteiger partial charge in [-0.25, -0.2) is 0 Å². The molecule has 0 aromatic heterocycles. The fraction of sp³-hybridized carbons (Fsp3) is 0.778. The molecule has 0 aromatic rings. The zero-order valence-electron chi connectivity index (χ0n) is 8.41. The van der Waals surface area contributed by atoms with Gasteiger partial charge in [-0.2, -0.15) is 0 Å². The number of carboxylic acids is 1. The summed E-state index contributed by atoms with van der Waals surface area (Å²) in [5.74, 6) is -0.826. The van der Waals surface area contributed by atoms with Crippen LogP contribution < -0.4 is 0 Å². The predicted octanol–water partition coefficient (Wildman–Crippen LogP) is 1.11. The molecule has 0 bridgehead atoms. The van der Waals surface area contributed by atoms with Crippen LogP contribution in [0.1, 0.15) is 33.1 Å². The number of aliphatic carboxylic acids is 1. The van der Waals surface area contributed by atoms with Crippen molar-refractivity contribution in [3.63, 3.8) is 0 Å². The number of nitrogens with zero attached hydrogens (tertiary/aromatic N) is 1. The Hall–Kier alpha value is -1.06. The third kappa shape index (κ3) is 4.50. The van der Waals surface area contributed by atoms with Gasteiger partial charge in [0, 0.05) is 26.4 Å². The fourth-order valence-electron chi connectivity index (χ4n) is 1.22. The summed E-state index contributed by atoms with van der Waals surface area (Å²) < 4.78 is 0. The lowest BCUT2D eigenvalue weighted by Gasteiger charge is -2.25. The highest BCUT2D eigenvalue weighted by molar-refractivity contribution is 5.73. The van der Waals surface area contributed by atoms with Crippen LogP contribution in [0.4, 0.5) is 0 Å². The number of hydrogen-bond acceptors (Lipinski definition) is 2. The maximum absolute atomic E-state index is 11.0. The minimum Gasteiger partial charge on any atom is -0.481 e. The Morgan fingerprint density at radius 3 is 2.31 bits per heavy atom. The summed E-state index contributed by atoms with van der Waals surface area (Å²) >= 11 is 0. The minimum atomic E-state index is -0.810. The molecule has 1 atom stereocenters. The molecule has 4 heteroatoms. The van der Waals surface area contributed by atoms with E-state index in [0.717, 1.165) is 6.42 Å². The number of rotatable bonds is 5.